The number of allylic oxidation sites excluding steroid dienone is 5. The summed E-state index contributed by atoms with van der Waals surface area (Å²) in [5.41, 5.74) is 7.25. The Hall–Kier alpha value is -3.70. The summed E-state index contributed by atoms with van der Waals surface area (Å²) < 4.78 is 5.86. The predicted molar refractivity (Wildman–Crippen MR) is 160 cm³/mol. The van der Waals surface area contributed by atoms with Crippen LogP contribution in [-0.4, -0.2) is 43.4 Å². The number of esters is 1. The van der Waals surface area contributed by atoms with Crippen molar-refractivity contribution in [3.05, 3.63) is 107 Å². The minimum atomic E-state index is -0.451. The number of carbonyl (C=O) groups is 2. The van der Waals surface area contributed by atoms with Gasteiger partial charge in [0.25, 0.3) is 0 Å². The number of nitrogens with zero attached hydrogens (tertiary/aromatic N) is 1. The lowest BCUT2D eigenvalue weighted by Crippen LogP contribution is -2.39. The molecule has 0 bridgehead atoms. The van der Waals surface area contributed by atoms with Gasteiger partial charge in [-0.3, -0.25) is 9.69 Å². The summed E-state index contributed by atoms with van der Waals surface area (Å²) in [5, 5.41) is 3.44. The number of hydrogen-bond donors (Lipinski definition) is 1. The third-order valence-electron chi connectivity index (χ3n) is 8.04. The van der Waals surface area contributed by atoms with E-state index in [0.29, 0.717) is 24.1 Å². The molecule has 0 radical (unpaired) electrons. The topological polar surface area (TPSA) is 58.6 Å². The molecule has 1 aliphatic heterocycles. The normalized spacial score (nSPS) is 20.3. The van der Waals surface area contributed by atoms with Crippen molar-refractivity contribution in [3.8, 4) is 11.1 Å². The molecule has 0 amide bonds. The van der Waals surface area contributed by atoms with E-state index in [4.69, 9.17) is 4.74 Å². The van der Waals surface area contributed by atoms with Gasteiger partial charge in [-0.05, 0) is 60.9 Å². The SMILES string of the molecule is CC1=C(C(=O)OCCN(C)CC2=CCCC=C2)C(c2ccc(-c3ccccc3)cc2)C2=C(CC(C)(C)CC2=O)N1. The van der Waals surface area contributed by atoms with E-state index in [0.717, 1.165) is 53.9 Å². The molecule has 5 rings (SSSR count). The number of benzene rings is 2. The maximum absolute atomic E-state index is 13.7. The van der Waals surface area contributed by atoms with Crippen molar-refractivity contribution in [2.75, 3.05) is 26.7 Å². The van der Waals surface area contributed by atoms with Crippen LogP contribution in [0.2, 0.25) is 0 Å². The highest BCUT2D eigenvalue weighted by molar-refractivity contribution is 6.04. The average Bonchev–Trinajstić information content (AvgIpc) is 2.92. The van der Waals surface area contributed by atoms with Crippen LogP contribution in [0.15, 0.2) is 101 Å². The van der Waals surface area contributed by atoms with E-state index in [1.165, 1.54) is 5.57 Å². The van der Waals surface area contributed by atoms with E-state index in [2.05, 4.69) is 78.7 Å². The Kier molecular flexibility index (Phi) is 8.22. The van der Waals surface area contributed by atoms with Gasteiger partial charge in [-0.1, -0.05) is 86.7 Å². The van der Waals surface area contributed by atoms with Gasteiger partial charge in [0.2, 0.25) is 0 Å². The van der Waals surface area contributed by atoms with Gasteiger partial charge < -0.3 is 10.1 Å². The van der Waals surface area contributed by atoms with Crippen LogP contribution in [0.1, 0.15) is 57.9 Å². The first-order valence-electron chi connectivity index (χ1n) is 14.3. The van der Waals surface area contributed by atoms with E-state index < -0.39 is 5.92 Å². The van der Waals surface area contributed by atoms with E-state index in [1.54, 1.807) is 0 Å². The van der Waals surface area contributed by atoms with Crippen molar-refractivity contribution < 1.29 is 14.3 Å². The molecule has 0 saturated carbocycles. The molecule has 2 aromatic rings. The van der Waals surface area contributed by atoms with Crippen LogP contribution in [0.3, 0.4) is 0 Å². The Morgan fingerprint density at radius 3 is 2.45 bits per heavy atom. The van der Waals surface area contributed by atoms with Crippen LogP contribution < -0.4 is 5.32 Å². The van der Waals surface area contributed by atoms with Gasteiger partial charge in [-0.25, -0.2) is 4.79 Å². The lowest BCUT2D eigenvalue weighted by atomic mass is 9.68. The maximum atomic E-state index is 13.7. The van der Waals surface area contributed by atoms with Crippen molar-refractivity contribution in [1.82, 2.24) is 10.2 Å². The summed E-state index contributed by atoms with van der Waals surface area (Å²) in [6.07, 6.45) is 10.1. The molecule has 0 spiro atoms. The van der Waals surface area contributed by atoms with Crippen molar-refractivity contribution in [3.63, 3.8) is 0 Å². The quantitative estimate of drug-likeness (QED) is 0.380. The number of ketones is 1. The van der Waals surface area contributed by atoms with Crippen molar-refractivity contribution >= 4 is 11.8 Å². The number of rotatable bonds is 8. The molecular weight excluding hydrogens is 496 g/mol. The zero-order valence-electron chi connectivity index (χ0n) is 24.1. The number of dihydropyridines is 1. The van der Waals surface area contributed by atoms with Crippen LogP contribution in [-0.2, 0) is 14.3 Å². The monoisotopic (exact) mass is 536 g/mol. The van der Waals surface area contributed by atoms with Crippen LogP contribution in [0, 0.1) is 5.41 Å². The Labute approximate surface area is 238 Å². The van der Waals surface area contributed by atoms with E-state index in [1.807, 2.05) is 32.2 Å². The number of likely N-dealkylation sites (N-methyl/N-ethyl adjacent to an activating group) is 1. The minimum Gasteiger partial charge on any atom is -0.461 e. The summed E-state index contributed by atoms with van der Waals surface area (Å²) in [4.78, 5) is 29.4. The number of carbonyl (C=O) groups excluding carboxylic acids is 2. The van der Waals surface area contributed by atoms with Gasteiger partial charge in [0, 0.05) is 42.4 Å². The molecule has 208 valence electrons. The van der Waals surface area contributed by atoms with E-state index in [-0.39, 0.29) is 23.8 Å². The second-order valence-corrected chi connectivity index (χ2v) is 12.1. The molecule has 1 N–H and O–H groups in total. The average molecular weight is 537 g/mol. The molecule has 2 aliphatic carbocycles. The maximum Gasteiger partial charge on any atom is 0.336 e. The molecule has 0 aromatic heterocycles. The molecule has 1 atom stereocenters. The summed E-state index contributed by atoms with van der Waals surface area (Å²) in [6.45, 7) is 7.92. The molecule has 5 heteroatoms. The molecule has 2 aromatic carbocycles. The zero-order valence-corrected chi connectivity index (χ0v) is 24.1. The highest BCUT2D eigenvalue weighted by Crippen LogP contribution is 2.47. The summed E-state index contributed by atoms with van der Waals surface area (Å²) in [6, 6.07) is 18.5. The summed E-state index contributed by atoms with van der Waals surface area (Å²) in [7, 11) is 2.04. The molecule has 0 fully saturated rings. The van der Waals surface area contributed by atoms with Gasteiger partial charge in [-0.15, -0.1) is 0 Å². The Balaban J connectivity index is 1.39. The molecule has 1 heterocycles. The van der Waals surface area contributed by atoms with Gasteiger partial charge in [0.1, 0.15) is 6.61 Å². The fourth-order valence-electron chi connectivity index (χ4n) is 6.09. The third-order valence-corrected chi connectivity index (χ3v) is 8.04. The first-order valence-corrected chi connectivity index (χ1v) is 14.3. The fraction of sp³-hybridized carbons (Fsp3) is 0.371. The molecule has 5 nitrogen and oxygen atoms in total. The van der Waals surface area contributed by atoms with Gasteiger partial charge in [-0.2, -0.15) is 0 Å². The zero-order chi connectivity index (χ0) is 28.3. The number of nitrogens with one attached hydrogen (secondary N) is 1. The summed E-state index contributed by atoms with van der Waals surface area (Å²) in [5.74, 6) is -0.717. The highest BCUT2D eigenvalue weighted by atomic mass is 16.5. The summed E-state index contributed by atoms with van der Waals surface area (Å²) >= 11 is 0. The number of ether oxygens (including phenoxy) is 1. The fourth-order valence-corrected chi connectivity index (χ4v) is 6.09. The molecular formula is C35H40N2O3. The molecule has 40 heavy (non-hydrogen) atoms. The van der Waals surface area contributed by atoms with Gasteiger partial charge >= 0.3 is 5.97 Å². The van der Waals surface area contributed by atoms with Gasteiger partial charge in [0.15, 0.2) is 5.78 Å². The lowest BCUT2D eigenvalue weighted by Gasteiger charge is -2.39. The van der Waals surface area contributed by atoms with Crippen molar-refractivity contribution in [2.24, 2.45) is 5.41 Å². The third kappa shape index (κ3) is 6.20. The number of Topliss-reactive ketones (excluding diaryl/α,β-unsaturated/α-hetero) is 1. The van der Waals surface area contributed by atoms with Crippen molar-refractivity contribution in [1.29, 1.82) is 0 Å². The second kappa shape index (κ2) is 11.8. The Bertz CT molecular complexity index is 1390. The van der Waals surface area contributed by atoms with Crippen LogP contribution in [0.25, 0.3) is 11.1 Å². The van der Waals surface area contributed by atoms with E-state index in [9.17, 15) is 9.59 Å². The molecule has 1 unspecified atom stereocenters. The van der Waals surface area contributed by atoms with Crippen LogP contribution in [0.4, 0.5) is 0 Å². The lowest BCUT2D eigenvalue weighted by molar-refractivity contribution is -0.139. The number of hydrogen-bond acceptors (Lipinski definition) is 5. The van der Waals surface area contributed by atoms with Crippen LogP contribution in [0.5, 0.6) is 0 Å². The Morgan fingerprint density at radius 2 is 1.75 bits per heavy atom. The van der Waals surface area contributed by atoms with Crippen LogP contribution >= 0.6 is 0 Å². The van der Waals surface area contributed by atoms with E-state index >= 15 is 0 Å². The first kappa shape index (κ1) is 27.9. The largest absolute Gasteiger partial charge is 0.461 e. The Morgan fingerprint density at radius 1 is 1.02 bits per heavy atom. The van der Waals surface area contributed by atoms with Gasteiger partial charge in [0.05, 0.1) is 5.57 Å². The second-order valence-electron chi connectivity index (χ2n) is 12.1. The highest BCUT2D eigenvalue weighted by Gasteiger charge is 2.43. The molecule has 3 aliphatic rings. The molecule has 0 saturated heterocycles. The smallest absolute Gasteiger partial charge is 0.336 e. The predicted octanol–water partition coefficient (Wildman–Crippen LogP) is 6.71. The minimum absolute atomic E-state index is 0.0993. The van der Waals surface area contributed by atoms with Crippen molar-refractivity contribution in [2.45, 2.75) is 52.4 Å². The standard InChI is InChI=1S/C35H40N2O3/c1-24-31(34(39)40-20-19-37(4)23-25-11-7-5-8-12-25)32(33-29(36-24)21-35(2,3)22-30(33)38)28-17-15-27(16-18-28)26-13-9-6-10-14-26/h6-7,9-18,32,36H,5,8,19-23H2,1-4H3. The first-order chi connectivity index (χ1) is 19.2.